The van der Waals surface area contributed by atoms with Gasteiger partial charge in [0, 0.05) is 19.6 Å². The molecule has 1 atom stereocenters. The first-order valence-electron chi connectivity index (χ1n) is 10.4. The van der Waals surface area contributed by atoms with E-state index in [0.29, 0.717) is 18.1 Å². The molecular formula is C25H28N2O4. The van der Waals surface area contributed by atoms with Crippen LogP contribution in [0.3, 0.4) is 0 Å². The van der Waals surface area contributed by atoms with Gasteiger partial charge in [-0.3, -0.25) is 9.69 Å². The van der Waals surface area contributed by atoms with E-state index in [-0.39, 0.29) is 11.9 Å². The van der Waals surface area contributed by atoms with Crippen molar-refractivity contribution in [1.29, 1.82) is 0 Å². The van der Waals surface area contributed by atoms with Crippen molar-refractivity contribution in [2.75, 3.05) is 27.3 Å². The van der Waals surface area contributed by atoms with Gasteiger partial charge in [0.25, 0.3) is 5.91 Å². The molecule has 0 fully saturated rings. The zero-order valence-electron chi connectivity index (χ0n) is 18.2. The lowest BCUT2D eigenvalue weighted by Crippen LogP contribution is -2.41. The number of hydrogen-bond acceptors (Lipinski definition) is 5. The van der Waals surface area contributed by atoms with Crippen LogP contribution < -0.4 is 14.8 Å². The summed E-state index contributed by atoms with van der Waals surface area (Å²) in [5.41, 5.74) is 4.86. The number of carbonyl (C=O) groups excluding carboxylic acids is 1. The Morgan fingerprint density at radius 1 is 1.13 bits per heavy atom. The van der Waals surface area contributed by atoms with Crippen molar-refractivity contribution in [1.82, 2.24) is 10.2 Å². The fourth-order valence-corrected chi connectivity index (χ4v) is 4.24. The molecule has 6 nitrogen and oxygen atoms in total. The SMILES string of the molecule is COc1cc2c(cc1OC)C(CNC(=O)c1ccco1)N(Cc1cccc(C)c1)CC2. The molecular weight excluding hydrogens is 392 g/mol. The van der Waals surface area contributed by atoms with Crippen LogP contribution in [-0.4, -0.2) is 38.1 Å². The highest BCUT2D eigenvalue weighted by atomic mass is 16.5. The number of benzene rings is 2. The molecule has 0 spiro atoms. The van der Waals surface area contributed by atoms with E-state index >= 15 is 0 Å². The van der Waals surface area contributed by atoms with E-state index in [0.717, 1.165) is 30.8 Å². The molecule has 0 radical (unpaired) electrons. The van der Waals surface area contributed by atoms with E-state index in [1.807, 2.05) is 6.07 Å². The second-order valence-electron chi connectivity index (χ2n) is 7.82. The van der Waals surface area contributed by atoms with Gasteiger partial charge in [0.1, 0.15) is 0 Å². The monoisotopic (exact) mass is 420 g/mol. The van der Waals surface area contributed by atoms with Crippen LogP contribution >= 0.6 is 0 Å². The molecule has 0 saturated carbocycles. The molecule has 1 unspecified atom stereocenters. The Morgan fingerprint density at radius 3 is 2.65 bits per heavy atom. The van der Waals surface area contributed by atoms with Gasteiger partial charge in [0.2, 0.25) is 0 Å². The zero-order chi connectivity index (χ0) is 21.8. The molecule has 1 aliphatic rings. The lowest BCUT2D eigenvalue weighted by molar-refractivity contribution is 0.0898. The maximum Gasteiger partial charge on any atom is 0.287 e. The third-order valence-electron chi connectivity index (χ3n) is 5.78. The van der Waals surface area contributed by atoms with E-state index in [1.54, 1.807) is 26.4 Å². The smallest absolute Gasteiger partial charge is 0.287 e. The Labute approximate surface area is 182 Å². The number of rotatable bonds is 7. The molecule has 0 bridgehead atoms. The van der Waals surface area contributed by atoms with Gasteiger partial charge in [-0.1, -0.05) is 29.8 Å². The average Bonchev–Trinajstić information content (AvgIpc) is 3.32. The first-order valence-corrected chi connectivity index (χ1v) is 10.4. The summed E-state index contributed by atoms with van der Waals surface area (Å²) in [5, 5.41) is 3.04. The Balaban J connectivity index is 1.64. The fourth-order valence-electron chi connectivity index (χ4n) is 4.24. The number of carbonyl (C=O) groups is 1. The molecule has 4 rings (SSSR count). The van der Waals surface area contributed by atoms with Crippen molar-refractivity contribution in [3.8, 4) is 11.5 Å². The summed E-state index contributed by atoms with van der Waals surface area (Å²) in [6, 6.07) is 16.0. The molecule has 6 heteroatoms. The number of fused-ring (bicyclic) bond motifs is 1. The first kappa shape index (κ1) is 21.0. The highest BCUT2D eigenvalue weighted by Gasteiger charge is 2.30. The standard InChI is InChI=1S/C25H28N2O4/c1-17-6-4-7-18(12-17)16-27-10-9-19-13-23(29-2)24(30-3)14-20(19)21(27)15-26-25(28)22-8-5-11-31-22/h4-8,11-14,21H,9-10,15-16H2,1-3H3,(H,26,28). The predicted molar refractivity (Wildman–Crippen MR) is 119 cm³/mol. The Kier molecular flexibility index (Phi) is 6.28. The largest absolute Gasteiger partial charge is 0.493 e. The summed E-state index contributed by atoms with van der Waals surface area (Å²) >= 11 is 0. The van der Waals surface area contributed by atoms with Crippen LogP contribution in [0.2, 0.25) is 0 Å². The molecule has 1 amide bonds. The predicted octanol–water partition coefficient (Wildman–Crippen LogP) is 4.13. The lowest BCUT2D eigenvalue weighted by Gasteiger charge is -2.38. The number of amides is 1. The second kappa shape index (κ2) is 9.27. The number of nitrogens with one attached hydrogen (secondary N) is 1. The van der Waals surface area contributed by atoms with Gasteiger partial charge in [-0.05, 0) is 54.3 Å². The average molecular weight is 421 g/mol. The van der Waals surface area contributed by atoms with Crippen LogP contribution in [0.1, 0.15) is 38.9 Å². The Bertz CT molecular complexity index is 1050. The number of ether oxygens (including phenoxy) is 2. The topological polar surface area (TPSA) is 63.9 Å². The zero-order valence-corrected chi connectivity index (χ0v) is 18.2. The van der Waals surface area contributed by atoms with E-state index < -0.39 is 0 Å². The summed E-state index contributed by atoms with van der Waals surface area (Å²) in [7, 11) is 3.30. The van der Waals surface area contributed by atoms with Crippen LogP contribution in [0.4, 0.5) is 0 Å². The number of methoxy groups -OCH3 is 2. The van der Waals surface area contributed by atoms with Gasteiger partial charge in [0.15, 0.2) is 17.3 Å². The van der Waals surface area contributed by atoms with Crippen LogP contribution in [0, 0.1) is 6.92 Å². The third kappa shape index (κ3) is 4.59. The van der Waals surface area contributed by atoms with Crippen LogP contribution in [0.5, 0.6) is 11.5 Å². The van der Waals surface area contributed by atoms with Crippen molar-refractivity contribution in [3.63, 3.8) is 0 Å². The molecule has 2 aromatic carbocycles. The molecule has 1 aliphatic heterocycles. The molecule has 0 saturated heterocycles. The molecule has 2 heterocycles. The van der Waals surface area contributed by atoms with Crippen molar-refractivity contribution in [2.45, 2.75) is 25.9 Å². The number of aryl methyl sites for hydroxylation is 1. The van der Waals surface area contributed by atoms with E-state index in [9.17, 15) is 4.79 Å². The van der Waals surface area contributed by atoms with Crippen LogP contribution in [0.25, 0.3) is 0 Å². The van der Waals surface area contributed by atoms with Crippen molar-refractivity contribution >= 4 is 5.91 Å². The lowest BCUT2D eigenvalue weighted by atomic mass is 9.91. The summed E-state index contributed by atoms with van der Waals surface area (Å²) in [5.74, 6) is 1.52. The van der Waals surface area contributed by atoms with Gasteiger partial charge in [0.05, 0.1) is 26.5 Å². The van der Waals surface area contributed by atoms with E-state index in [1.165, 1.54) is 23.0 Å². The fraction of sp³-hybridized carbons (Fsp3) is 0.320. The van der Waals surface area contributed by atoms with E-state index in [2.05, 4.69) is 47.5 Å². The molecule has 1 aromatic heterocycles. The van der Waals surface area contributed by atoms with Crippen molar-refractivity contribution in [3.05, 3.63) is 82.8 Å². The maximum absolute atomic E-state index is 12.5. The molecule has 3 aromatic rings. The highest BCUT2D eigenvalue weighted by Crippen LogP contribution is 2.38. The summed E-state index contributed by atoms with van der Waals surface area (Å²) in [4.78, 5) is 14.9. The summed E-state index contributed by atoms with van der Waals surface area (Å²) < 4.78 is 16.3. The normalized spacial score (nSPS) is 15.9. The second-order valence-corrected chi connectivity index (χ2v) is 7.82. The first-order chi connectivity index (χ1) is 15.1. The van der Waals surface area contributed by atoms with Gasteiger partial charge < -0.3 is 19.2 Å². The quantitative estimate of drug-likeness (QED) is 0.623. The van der Waals surface area contributed by atoms with Gasteiger partial charge in [-0.25, -0.2) is 0 Å². The summed E-state index contributed by atoms with van der Waals surface area (Å²) in [6.45, 7) is 4.26. The maximum atomic E-state index is 12.5. The molecule has 31 heavy (non-hydrogen) atoms. The van der Waals surface area contributed by atoms with Crippen molar-refractivity contribution < 1.29 is 18.7 Å². The van der Waals surface area contributed by atoms with Crippen LogP contribution in [0.15, 0.2) is 59.2 Å². The van der Waals surface area contributed by atoms with Gasteiger partial charge in [-0.2, -0.15) is 0 Å². The Morgan fingerprint density at radius 2 is 1.94 bits per heavy atom. The third-order valence-corrected chi connectivity index (χ3v) is 5.78. The minimum atomic E-state index is -0.215. The number of nitrogens with zero attached hydrogens (tertiary/aromatic N) is 1. The van der Waals surface area contributed by atoms with Gasteiger partial charge >= 0.3 is 0 Å². The van der Waals surface area contributed by atoms with Gasteiger partial charge in [-0.15, -0.1) is 0 Å². The van der Waals surface area contributed by atoms with Crippen molar-refractivity contribution in [2.24, 2.45) is 0 Å². The van der Waals surface area contributed by atoms with Crippen LogP contribution in [-0.2, 0) is 13.0 Å². The highest BCUT2D eigenvalue weighted by molar-refractivity contribution is 5.91. The Hall–Kier alpha value is -3.25. The molecule has 1 N–H and O–H groups in total. The molecule has 162 valence electrons. The summed E-state index contributed by atoms with van der Waals surface area (Å²) in [6.07, 6.45) is 2.41. The number of hydrogen-bond donors (Lipinski definition) is 1. The number of furan rings is 1. The minimum Gasteiger partial charge on any atom is -0.493 e. The minimum absolute atomic E-state index is 0.00276. The molecule has 0 aliphatic carbocycles. The van der Waals surface area contributed by atoms with E-state index in [4.69, 9.17) is 13.9 Å².